The van der Waals surface area contributed by atoms with Crippen LogP contribution in [0, 0.1) is 0 Å². The average molecular weight is 584 g/mol. The third-order valence-corrected chi connectivity index (χ3v) is 10.6. The predicted octanol–water partition coefficient (Wildman–Crippen LogP) is 12.2. The zero-order valence-corrected chi connectivity index (χ0v) is 25.9. The first kappa shape index (κ1) is 26.2. The number of para-hydroxylation sites is 2. The molecule has 0 saturated heterocycles. The van der Waals surface area contributed by atoms with Gasteiger partial charge in [0.1, 0.15) is 22.3 Å². The first-order valence-corrected chi connectivity index (χ1v) is 15.7. The number of hydrogen-bond donors (Lipinski definition) is 0. The molecule has 8 aromatic rings. The average Bonchev–Trinajstić information content (AvgIpc) is 3.62. The van der Waals surface area contributed by atoms with Gasteiger partial charge in [-0.3, -0.25) is 0 Å². The summed E-state index contributed by atoms with van der Waals surface area (Å²) in [6.07, 6.45) is 0. The fourth-order valence-electron chi connectivity index (χ4n) is 7.66. The lowest BCUT2D eigenvalue weighted by Gasteiger charge is -2.48. The van der Waals surface area contributed by atoms with Crippen molar-refractivity contribution in [3.05, 3.63) is 139 Å². The maximum atomic E-state index is 6.57. The highest BCUT2D eigenvalue weighted by atomic mass is 16.3. The van der Waals surface area contributed by atoms with Crippen LogP contribution in [0.4, 0.5) is 17.1 Å². The molecule has 3 nitrogen and oxygen atoms in total. The molecule has 0 spiro atoms. The van der Waals surface area contributed by atoms with Gasteiger partial charge >= 0.3 is 0 Å². The highest BCUT2D eigenvalue weighted by Gasteiger charge is 2.47. The highest BCUT2D eigenvalue weighted by Crippen LogP contribution is 2.56. The summed E-state index contributed by atoms with van der Waals surface area (Å²) in [4.78, 5) is 2.31. The summed E-state index contributed by atoms with van der Waals surface area (Å²) in [5, 5.41) is 4.59. The fraction of sp³-hybridized carbons (Fsp3) is 0.143. The van der Waals surface area contributed by atoms with Gasteiger partial charge in [-0.15, -0.1) is 0 Å². The Bertz CT molecular complexity index is 2440. The molecule has 1 aliphatic carbocycles. The van der Waals surface area contributed by atoms with Crippen molar-refractivity contribution in [2.75, 3.05) is 4.90 Å². The normalized spacial score (nSPS) is 15.0. The molecule has 0 fully saturated rings. The smallest absolute Gasteiger partial charge is 0.137 e. The number of anilines is 3. The van der Waals surface area contributed by atoms with Crippen molar-refractivity contribution >= 4 is 60.9 Å². The third-order valence-electron chi connectivity index (χ3n) is 10.6. The van der Waals surface area contributed by atoms with Crippen LogP contribution in [0.2, 0.25) is 0 Å². The van der Waals surface area contributed by atoms with Gasteiger partial charge in [0.25, 0.3) is 0 Å². The third kappa shape index (κ3) is 3.58. The minimum atomic E-state index is -0.144. The van der Waals surface area contributed by atoms with E-state index in [2.05, 4.69) is 148 Å². The highest BCUT2D eigenvalue weighted by molar-refractivity contribution is 6.12. The van der Waals surface area contributed by atoms with Crippen molar-refractivity contribution in [3.8, 4) is 11.1 Å². The van der Waals surface area contributed by atoms with Crippen molar-refractivity contribution < 1.29 is 8.83 Å². The van der Waals surface area contributed by atoms with Gasteiger partial charge in [-0.25, -0.2) is 0 Å². The summed E-state index contributed by atoms with van der Waals surface area (Å²) >= 11 is 0. The zero-order valence-electron chi connectivity index (χ0n) is 25.9. The maximum Gasteiger partial charge on any atom is 0.137 e. The Kier molecular flexibility index (Phi) is 5.30. The van der Waals surface area contributed by atoms with E-state index in [0.717, 1.165) is 55.6 Å². The molecule has 0 atom stereocenters. The van der Waals surface area contributed by atoms with E-state index in [9.17, 15) is 0 Å². The van der Waals surface area contributed by atoms with Crippen LogP contribution in [0.15, 0.2) is 136 Å². The number of hydrogen-bond acceptors (Lipinski definition) is 3. The van der Waals surface area contributed by atoms with E-state index < -0.39 is 0 Å². The molecule has 218 valence electrons. The molecule has 0 bridgehead atoms. The molecule has 0 amide bonds. The van der Waals surface area contributed by atoms with E-state index in [1.165, 1.54) is 27.6 Å². The Balaban J connectivity index is 1.31. The molecule has 3 heteroatoms. The van der Waals surface area contributed by atoms with E-state index in [0.29, 0.717) is 0 Å². The van der Waals surface area contributed by atoms with Crippen LogP contribution in [0.25, 0.3) is 55.0 Å². The molecule has 1 aliphatic rings. The van der Waals surface area contributed by atoms with E-state index in [1.807, 2.05) is 12.1 Å². The fourth-order valence-corrected chi connectivity index (χ4v) is 7.66. The lowest BCUT2D eigenvalue weighted by atomic mass is 9.55. The number of nitrogens with zero attached hydrogens (tertiary/aromatic N) is 1. The SMILES string of the molecule is CC1(C)c2ccccc2-c2ccc3oc4ccc(N(c5ccccc5)c5ccc6c(c5)oc5ccccc56)cc4c3c2C1(C)C. The van der Waals surface area contributed by atoms with Crippen molar-refractivity contribution in [2.45, 2.75) is 38.5 Å². The molecule has 0 unspecified atom stereocenters. The quantitative estimate of drug-likeness (QED) is 0.207. The standard InChI is InChI=1S/C42H33NO2/c1-41(2)34-16-10-8-14-29(34)32-21-23-37-39(40(32)42(41,3)4)33-24-27(19-22-36(33)44-37)43(26-12-6-5-7-13-26)28-18-20-31-30-15-9-11-17-35(30)45-38(31)25-28/h5-25H,1-4H3. The summed E-state index contributed by atoms with van der Waals surface area (Å²) in [7, 11) is 0. The van der Waals surface area contributed by atoms with E-state index >= 15 is 0 Å². The molecular formula is C42H33NO2. The van der Waals surface area contributed by atoms with Crippen LogP contribution in [-0.4, -0.2) is 0 Å². The molecule has 0 N–H and O–H groups in total. The van der Waals surface area contributed by atoms with Crippen molar-refractivity contribution in [1.29, 1.82) is 0 Å². The monoisotopic (exact) mass is 583 g/mol. The number of benzene rings is 6. The lowest BCUT2D eigenvalue weighted by molar-refractivity contribution is 0.301. The minimum Gasteiger partial charge on any atom is -0.456 e. The Morgan fingerprint density at radius 2 is 1.09 bits per heavy atom. The second-order valence-electron chi connectivity index (χ2n) is 13.4. The van der Waals surface area contributed by atoms with Crippen molar-refractivity contribution in [1.82, 2.24) is 0 Å². The summed E-state index contributed by atoms with van der Waals surface area (Å²) in [5.74, 6) is 0. The summed E-state index contributed by atoms with van der Waals surface area (Å²) < 4.78 is 12.9. The van der Waals surface area contributed by atoms with Gasteiger partial charge in [0, 0.05) is 50.1 Å². The van der Waals surface area contributed by atoms with Crippen molar-refractivity contribution in [3.63, 3.8) is 0 Å². The van der Waals surface area contributed by atoms with E-state index in [4.69, 9.17) is 8.83 Å². The van der Waals surface area contributed by atoms with E-state index in [1.54, 1.807) is 0 Å². The van der Waals surface area contributed by atoms with Crippen LogP contribution in [-0.2, 0) is 10.8 Å². The molecule has 0 aliphatic heterocycles. The van der Waals surface area contributed by atoms with Crippen LogP contribution in [0.1, 0.15) is 38.8 Å². The lowest BCUT2D eigenvalue weighted by Crippen LogP contribution is -2.43. The van der Waals surface area contributed by atoms with Gasteiger partial charge in [0.15, 0.2) is 0 Å². The first-order chi connectivity index (χ1) is 21.8. The Morgan fingerprint density at radius 3 is 1.96 bits per heavy atom. The molecule has 0 saturated carbocycles. The van der Waals surface area contributed by atoms with E-state index in [-0.39, 0.29) is 10.8 Å². The van der Waals surface area contributed by atoms with Gasteiger partial charge in [-0.1, -0.05) is 94.4 Å². The maximum absolute atomic E-state index is 6.57. The molecule has 45 heavy (non-hydrogen) atoms. The van der Waals surface area contributed by atoms with Crippen LogP contribution in [0.5, 0.6) is 0 Å². The largest absolute Gasteiger partial charge is 0.456 e. The minimum absolute atomic E-state index is 0.0792. The van der Waals surface area contributed by atoms with Gasteiger partial charge in [0.2, 0.25) is 0 Å². The molecular weight excluding hydrogens is 550 g/mol. The van der Waals surface area contributed by atoms with Gasteiger partial charge < -0.3 is 13.7 Å². The number of rotatable bonds is 3. The first-order valence-electron chi connectivity index (χ1n) is 15.7. The Hall–Kier alpha value is -5.28. The summed E-state index contributed by atoms with van der Waals surface area (Å²) in [5.41, 5.74) is 11.9. The molecule has 9 rings (SSSR count). The van der Waals surface area contributed by atoms with Crippen LogP contribution >= 0.6 is 0 Å². The second-order valence-corrected chi connectivity index (χ2v) is 13.4. The second kappa shape index (κ2) is 9.12. The molecule has 6 aromatic carbocycles. The summed E-state index contributed by atoms with van der Waals surface area (Å²) in [6.45, 7) is 9.55. The number of furan rings is 2. The Labute approximate surface area is 262 Å². The van der Waals surface area contributed by atoms with Gasteiger partial charge in [0.05, 0.1) is 0 Å². The van der Waals surface area contributed by atoms with Gasteiger partial charge in [-0.2, -0.15) is 0 Å². The topological polar surface area (TPSA) is 29.5 Å². The summed E-state index contributed by atoms with van der Waals surface area (Å²) in [6, 6.07) is 45.2. The Morgan fingerprint density at radius 1 is 0.444 bits per heavy atom. The van der Waals surface area contributed by atoms with Crippen LogP contribution in [0.3, 0.4) is 0 Å². The van der Waals surface area contributed by atoms with Gasteiger partial charge in [-0.05, 0) is 82.3 Å². The molecule has 0 radical (unpaired) electrons. The van der Waals surface area contributed by atoms with Crippen molar-refractivity contribution in [2.24, 2.45) is 0 Å². The predicted molar refractivity (Wildman–Crippen MR) is 187 cm³/mol. The molecule has 2 aromatic heterocycles. The molecule has 2 heterocycles. The van der Waals surface area contributed by atoms with Crippen LogP contribution < -0.4 is 4.90 Å². The zero-order chi connectivity index (χ0) is 30.5. The number of fused-ring (bicyclic) bond motifs is 10.